The summed E-state index contributed by atoms with van der Waals surface area (Å²) in [7, 11) is -3.65. The van der Waals surface area contributed by atoms with Gasteiger partial charge in [-0.3, -0.25) is 0 Å². The molecule has 5 nitrogen and oxygen atoms in total. The van der Waals surface area contributed by atoms with Crippen LogP contribution in [-0.2, 0) is 16.4 Å². The Morgan fingerprint density at radius 2 is 1.83 bits per heavy atom. The highest BCUT2D eigenvalue weighted by Gasteiger charge is 2.22. The second-order valence-corrected chi connectivity index (χ2v) is 7.04. The van der Waals surface area contributed by atoms with Crippen LogP contribution in [0.2, 0.25) is 0 Å². The quantitative estimate of drug-likeness (QED) is 0.678. The molecule has 0 fully saturated rings. The second-order valence-electron chi connectivity index (χ2n) is 5.15. The lowest BCUT2D eigenvalue weighted by Crippen LogP contribution is -2.17. The van der Waals surface area contributed by atoms with Gasteiger partial charge in [0.25, 0.3) is 0 Å². The van der Waals surface area contributed by atoms with Gasteiger partial charge < -0.3 is 14.8 Å². The van der Waals surface area contributed by atoms with E-state index in [0.717, 1.165) is 10.9 Å². The van der Waals surface area contributed by atoms with Crippen LogP contribution in [0.5, 0.6) is 0 Å². The Bertz CT molecular complexity index is 901. The summed E-state index contributed by atoms with van der Waals surface area (Å²) >= 11 is 0. The highest BCUT2D eigenvalue weighted by molar-refractivity contribution is 7.91. The fraction of sp³-hybridized carbons (Fsp3) is 0.176. The van der Waals surface area contributed by atoms with Crippen molar-refractivity contribution in [2.24, 2.45) is 0 Å². The van der Waals surface area contributed by atoms with Gasteiger partial charge in [0.1, 0.15) is 5.58 Å². The van der Waals surface area contributed by atoms with Crippen molar-refractivity contribution in [3.05, 3.63) is 60.2 Å². The van der Waals surface area contributed by atoms with Gasteiger partial charge in [-0.1, -0.05) is 30.3 Å². The first kappa shape index (κ1) is 15.7. The van der Waals surface area contributed by atoms with Crippen molar-refractivity contribution in [2.75, 3.05) is 13.2 Å². The molecule has 0 aliphatic heterocycles. The molecule has 2 aromatic carbocycles. The molecule has 0 aliphatic carbocycles. The second kappa shape index (κ2) is 6.54. The normalized spacial score (nSPS) is 11.9. The van der Waals surface area contributed by atoms with Gasteiger partial charge in [-0.05, 0) is 23.8 Å². The van der Waals surface area contributed by atoms with Gasteiger partial charge in [-0.25, -0.2) is 8.42 Å². The van der Waals surface area contributed by atoms with Crippen LogP contribution >= 0.6 is 0 Å². The van der Waals surface area contributed by atoms with Gasteiger partial charge in [-0.15, -0.1) is 0 Å². The number of hydrogen-bond donors (Lipinski definition) is 2. The summed E-state index contributed by atoms with van der Waals surface area (Å²) in [6, 6.07) is 15.3. The highest BCUT2D eigenvalue weighted by Crippen LogP contribution is 2.28. The molecule has 23 heavy (non-hydrogen) atoms. The molecule has 0 spiro atoms. The van der Waals surface area contributed by atoms with E-state index < -0.39 is 9.84 Å². The molecule has 1 aromatic heterocycles. The minimum absolute atomic E-state index is 0.0563. The lowest BCUT2D eigenvalue weighted by atomic mass is 10.2. The van der Waals surface area contributed by atoms with Gasteiger partial charge in [0.15, 0.2) is 0 Å². The van der Waals surface area contributed by atoms with Crippen molar-refractivity contribution < 1.29 is 17.9 Å². The molecule has 6 heteroatoms. The van der Waals surface area contributed by atoms with E-state index in [1.807, 2.05) is 18.2 Å². The monoisotopic (exact) mass is 331 g/mol. The smallest absolute Gasteiger partial charge is 0.239 e. The number of hydrogen-bond acceptors (Lipinski definition) is 5. The van der Waals surface area contributed by atoms with E-state index in [4.69, 9.17) is 9.52 Å². The number of aliphatic hydroxyl groups excluding tert-OH is 1. The number of fused-ring (bicyclic) bond motifs is 1. The third-order valence-electron chi connectivity index (χ3n) is 3.50. The summed E-state index contributed by atoms with van der Waals surface area (Å²) in [5, 5.41) is 12.5. The molecule has 2 N–H and O–H groups in total. The molecular formula is C17H17NO4S. The molecular weight excluding hydrogens is 314 g/mol. The molecule has 1 heterocycles. The molecule has 0 saturated heterocycles. The highest BCUT2D eigenvalue weighted by atomic mass is 32.2. The molecule has 0 unspecified atom stereocenters. The Labute approximate surface area is 134 Å². The lowest BCUT2D eigenvalue weighted by Gasteiger charge is -2.02. The van der Waals surface area contributed by atoms with Crippen LogP contribution in [0, 0.1) is 0 Å². The van der Waals surface area contributed by atoms with E-state index in [1.54, 1.807) is 36.4 Å². The van der Waals surface area contributed by atoms with Crippen molar-refractivity contribution >= 4 is 20.8 Å². The number of nitrogens with one attached hydrogen (secondary N) is 1. The zero-order chi connectivity index (χ0) is 16.3. The topological polar surface area (TPSA) is 79.5 Å². The molecule has 0 bridgehead atoms. The standard InChI is InChI=1S/C17H17NO4S/c19-9-8-18-12-13-6-7-14-11-17(22-16(14)10-13)23(20,21)15-4-2-1-3-5-15/h1-7,10-11,18-19H,8-9,12H2. The van der Waals surface area contributed by atoms with E-state index in [9.17, 15) is 8.42 Å². The summed E-state index contributed by atoms with van der Waals surface area (Å²) in [6.45, 7) is 1.16. The Morgan fingerprint density at radius 1 is 1.04 bits per heavy atom. The number of aliphatic hydroxyl groups is 1. The van der Waals surface area contributed by atoms with Gasteiger partial charge >= 0.3 is 0 Å². The van der Waals surface area contributed by atoms with Crippen molar-refractivity contribution in [3.8, 4) is 0 Å². The van der Waals surface area contributed by atoms with Crippen molar-refractivity contribution in [1.82, 2.24) is 5.32 Å². The van der Waals surface area contributed by atoms with Crippen LogP contribution in [-0.4, -0.2) is 26.7 Å². The number of furan rings is 1. The molecule has 0 atom stereocenters. The molecule has 0 amide bonds. The van der Waals surface area contributed by atoms with Crippen LogP contribution in [0.4, 0.5) is 0 Å². The molecule has 3 rings (SSSR count). The Hall–Kier alpha value is -2.15. The van der Waals surface area contributed by atoms with E-state index in [1.165, 1.54) is 0 Å². The zero-order valence-corrected chi connectivity index (χ0v) is 13.2. The maximum Gasteiger partial charge on any atom is 0.239 e. The van der Waals surface area contributed by atoms with Crippen LogP contribution in [0.3, 0.4) is 0 Å². The fourth-order valence-electron chi connectivity index (χ4n) is 2.32. The largest absolute Gasteiger partial charge is 0.444 e. The Balaban J connectivity index is 1.94. The van der Waals surface area contributed by atoms with Gasteiger partial charge in [0.2, 0.25) is 14.9 Å². The van der Waals surface area contributed by atoms with E-state index in [0.29, 0.717) is 18.7 Å². The predicted molar refractivity (Wildman–Crippen MR) is 86.9 cm³/mol. The minimum atomic E-state index is -3.65. The molecule has 0 radical (unpaired) electrons. The predicted octanol–water partition coefficient (Wildman–Crippen LogP) is 2.35. The van der Waals surface area contributed by atoms with E-state index in [-0.39, 0.29) is 16.6 Å². The first-order valence-electron chi connectivity index (χ1n) is 7.25. The summed E-state index contributed by atoms with van der Waals surface area (Å²) in [5.74, 6) is 0. The summed E-state index contributed by atoms with van der Waals surface area (Å²) in [5.41, 5.74) is 1.49. The molecule has 3 aromatic rings. The van der Waals surface area contributed by atoms with E-state index in [2.05, 4.69) is 5.32 Å². The lowest BCUT2D eigenvalue weighted by molar-refractivity contribution is 0.292. The number of benzene rings is 2. The average molecular weight is 331 g/mol. The number of sulfone groups is 1. The Kier molecular flexibility index (Phi) is 4.47. The summed E-state index contributed by atoms with van der Waals surface area (Å²) in [6.07, 6.45) is 0. The summed E-state index contributed by atoms with van der Waals surface area (Å²) < 4.78 is 30.7. The fourth-order valence-corrected chi connectivity index (χ4v) is 3.55. The maximum atomic E-state index is 12.6. The third kappa shape index (κ3) is 3.29. The Morgan fingerprint density at radius 3 is 2.57 bits per heavy atom. The minimum Gasteiger partial charge on any atom is -0.444 e. The van der Waals surface area contributed by atoms with Crippen molar-refractivity contribution in [2.45, 2.75) is 16.5 Å². The zero-order valence-electron chi connectivity index (χ0n) is 12.4. The average Bonchev–Trinajstić information content (AvgIpc) is 3.00. The van der Waals surface area contributed by atoms with Crippen molar-refractivity contribution in [3.63, 3.8) is 0 Å². The molecule has 0 saturated carbocycles. The van der Waals surface area contributed by atoms with Gasteiger partial charge in [0, 0.05) is 24.5 Å². The summed E-state index contributed by atoms with van der Waals surface area (Å²) in [4.78, 5) is 0.212. The first-order valence-corrected chi connectivity index (χ1v) is 8.74. The van der Waals surface area contributed by atoms with Crippen LogP contribution in [0.1, 0.15) is 5.56 Å². The van der Waals surface area contributed by atoms with Crippen LogP contribution in [0.25, 0.3) is 11.0 Å². The molecule has 0 aliphatic rings. The SMILES string of the molecule is O=S(=O)(c1ccccc1)c1cc2ccc(CNCCO)cc2o1. The van der Waals surface area contributed by atoms with E-state index >= 15 is 0 Å². The number of rotatable bonds is 6. The van der Waals surface area contributed by atoms with Crippen LogP contribution in [0.15, 0.2) is 69.0 Å². The van der Waals surface area contributed by atoms with Gasteiger partial charge in [-0.2, -0.15) is 0 Å². The maximum absolute atomic E-state index is 12.6. The molecule has 120 valence electrons. The van der Waals surface area contributed by atoms with Gasteiger partial charge in [0.05, 0.1) is 11.5 Å². The van der Waals surface area contributed by atoms with Crippen LogP contribution < -0.4 is 5.32 Å². The van der Waals surface area contributed by atoms with Crippen molar-refractivity contribution in [1.29, 1.82) is 0 Å². The first-order chi connectivity index (χ1) is 11.1. The third-order valence-corrected chi connectivity index (χ3v) is 5.12.